The molecule has 7 fully saturated rings. The van der Waals surface area contributed by atoms with Crippen molar-refractivity contribution in [1.29, 1.82) is 0 Å². The van der Waals surface area contributed by atoms with Gasteiger partial charge in [0.1, 0.15) is 0 Å². The highest BCUT2D eigenvalue weighted by atomic mass is 15.0. The first kappa shape index (κ1) is 8.23. The van der Waals surface area contributed by atoms with E-state index in [0.717, 1.165) is 21.7 Å². The van der Waals surface area contributed by atoms with Crippen LogP contribution >= 0.6 is 0 Å². The van der Waals surface area contributed by atoms with E-state index in [1.807, 2.05) is 0 Å². The molecular formula is C17H22. The van der Waals surface area contributed by atoms with Crippen LogP contribution in [0.5, 0.6) is 0 Å². The lowest BCUT2D eigenvalue weighted by Crippen LogP contribution is -2.77. The second kappa shape index (κ2) is 1.63. The summed E-state index contributed by atoms with van der Waals surface area (Å²) in [5.41, 5.74) is 3.47. The second-order valence-electron chi connectivity index (χ2n) is 9.76. The largest absolute Gasteiger partial charge is 0.0593 e. The Bertz CT molecular complexity index is 512. The van der Waals surface area contributed by atoms with Crippen molar-refractivity contribution >= 4 is 0 Å². The molecule has 0 N–H and O–H groups in total. The molecule has 0 saturated heterocycles. The van der Waals surface area contributed by atoms with Gasteiger partial charge in [-0.05, 0) is 89.3 Å². The van der Waals surface area contributed by atoms with E-state index in [1.54, 1.807) is 32.1 Å². The molecule has 0 heteroatoms. The first-order chi connectivity index (χ1) is 8.08. The molecule has 7 rings (SSSR count). The maximum Gasteiger partial charge on any atom is -0.0167 e. The maximum atomic E-state index is 2.77. The summed E-state index contributed by atoms with van der Waals surface area (Å²) in [6, 6.07) is 0. The van der Waals surface area contributed by atoms with Crippen LogP contribution in [0.3, 0.4) is 0 Å². The van der Waals surface area contributed by atoms with Crippen LogP contribution in [-0.2, 0) is 0 Å². The summed E-state index contributed by atoms with van der Waals surface area (Å²) in [6.45, 7) is 5.46. The smallest absolute Gasteiger partial charge is 0.0167 e. The Morgan fingerprint density at radius 2 is 1.94 bits per heavy atom. The van der Waals surface area contributed by atoms with Gasteiger partial charge in [-0.3, -0.25) is 0 Å². The molecule has 2 spiro atoms. The molecule has 0 aromatic carbocycles. The molecule has 7 aliphatic carbocycles. The van der Waals surface area contributed by atoms with Crippen LogP contribution in [0.15, 0.2) is 0 Å². The number of hydrogen-bond donors (Lipinski definition) is 0. The third-order valence-corrected chi connectivity index (χ3v) is 10.4. The molecule has 7 saturated carbocycles. The van der Waals surface area contributed by atoms with Gasteiger partial charge in [-0.1, -0.05) is 13.8 Å². The predicted octanol–water partition coefficient (Wildman–Crippen LogP) is 3.71. The van der Waals surface area contributed by atoms with Crippen molar-refractivity contribution in [3.63, 3.8) is 0 Å². The normalized spacial score (nSPS) is 90.7. The number of hydrogen-bond acceptors (Lipinski definition) is 0. The third-order valence-electron chi connectivity index (χ3n) is 10.4. The van der Waals surface area contributed by atoms with Crippen molar-refractivity contribution in [3.8, 4) is 0 Å². The molecule has 0 amide bonds. The van der Waals surface area contributed by atoms with E-state index in [1.165, 1.54) is 35.5 Å². The second-order valence-corrected chi connectivity index (χ2v) is 9.76. The van der Waals surface area contributed by atoms with Crippen LogP contribution < -0.4 is 0 Å². The van der Waals surface area contributed by atoms with Gasteiger partial charge in [-0.2, -0.15) is 0 Å². The van der Waals surface area contributed by atoms with Crippen LogP contribution in [0.2, 0.25) is 0 Å². The minimum absolute atomic E-state index is 0.798. The van der Waals surface area contributed by atoms with E-state index in [9.17, 15) is 0 Å². The highest BCUT2D eigenvalue weighted by Gasteiger charge is 2.99. The van der Waals surface area contributed by atoms with Gasteiger partial charge in [0.25, 0.3) is 0 Å². The van der Waals surface area contributed by atoms with Crippen LogP contribution in [0.1, 0.15) is 46.0 Å². The lowest BCUT2D eigenvalue weighted by Gasteiger charge is -2.81. The first-order valence-electron chi connectivity index (χ1n) is 8.08. The molecule has 0 nitrogen and oxygen atoms in total. The topological polar surface area (TPSA) is 0 Å². The Labute approximate surface area is 104 Å². The maximum absolute atomic E-state index is 2.77. The van der Waals surface area contributed by atoms with Crippen molar-refractivity contribution < 1.29 is 0 Å². The average molecular weight is 226 g/mol. The molecule has 0 aromatic rings. The fourth-order valence-electron chi connectivity index (χ4n) is 10.9. The van der Waals surface area contributed by atoms with Crippen LogP contribution in [0.25, 0.3) is 0 Å². The average Bonchev–Trinajstić information content (AvgIpc) is 2.70. The molecular weight excluding hydrogens is 204 g/mol. The highest BCUT2D eigenvalue weighted by Crippen LogP contribution is 3.04. The zero-order valence-corrected chi connectivity index (χ0v) is 11.0. The van der Waals surface area contributed by atoms with Crippen LogP contribution in [0, 0.1) is 57.2 Å². The van der Waals surface area contributed by atoms with Crippen molar-refractivity contribution in [2.75, 3.05) is 0 Å². The van der Waals surface area contributed by atoms with Gasteiger partial charge in [0.2, 0.25) is 0 Å². The van der Waals surface area contributed by atoms with Gasteiger partial charge in [0, 0.05) is 0 Å². The Hall–Kier alpha value is 0. The lowest BCUT2D eigenvalue weighted by molar-refractivity contribution is -0.342. The molecule has 0 aliphatic heterocycles. The predicted molar refractivity (Wildman–Crippen MR) is 65.1 cm³/mol. The van der Waals surface area contributed by atoms with Crippen molar-refractivity contribution in [3.05, 3.63) is 0 Å². The third kappa shape index (κ3) is 0.405. The van der Waals surface area contributed by atoms with Gasteiger partial charge >= 0.3 is 0 Å². The monoisotopic (exact) mass is 226 g/mol. The molecule has 5 bridgehead atoms. The molecule has 0 radical (unpaired) electrons. The van der Waals surface area contributed by atoms with E-state index in [4.69, 9.17) is 0 Å². The number of rotatable bonds is 0. The fraction of sp³-hybridized carbons (Fsp3) is 1.00. The van der Waals surface area contributed by atoms with E-state index in [-0.39, 0.29) is 0 Å². The Balaban J connectivity index is 1.70. The fourth-order valence-corrected chi connectivity index (χ4v) is 10.9. The standard InChI is InChI=1S/C17H22/c1-14-4-8-3-9-10-5-16(8)7-17(10)12(9)13(14)15(17,2)11(16)6-14/h8-13H,3-7H2,1-2H3. The minimum Gasteiger partial charge on any atom is -0.0593 e. The minimum atomic E-state index is 0.798. The van der Waals surface area contributed by atoms with E-state index >= 15 is 0 Å². The van der Waals surface area contributed by atoms with Crippen molar-refractivity contribution in [2.45, 2.75) is 46.0 Å². The van der Waals surface area contributed by atoms with E-state index in [2.05, 4.69) is 13.8 Å². The van der Waals surface area contributed by atoms with E-state index in [0.29, 0.717) is 0 Å². The summed E-state index contributed by atoms with van der Waals surface area (Å²) in [5.74, 6) is 7.20. The van der Waals surface area contributed by atoms with Crippen molar-refractivity contribution in [1.82, 2.24) is 0 Å². The van der Waals surface area contributed by atoms with E-state index < -0.39 is 0 Å². The highest BCUT2D eigenvalue weighted by molar-refractivity contribution is 5.46. The zero-order chi connectivity index (χ0) is 11.0. The van der Waals surface area contributed by atoms with Gasteiger partial charge < -0.3 is 0 Å². The summed E-state index contributed by atoms with van der Waals surface area (Å²) in [5, 5.41) is 0. The summed E-state index contributed by atoms with van der Waals surface area (Å²) in [6.07, 6.45) is 8.36. The molecule has 0 heterocycles. The van der Waals surface area contributed by atoms with Crippen LogP contribution in [-0.4, -0.2) is 0 Å². The molecule has 17 heavy (non-hydrogen) atoms. The SMILES string of the molecule is CC12CC3CC4C5CC36CC53C4C1C3(C)C6C2. The van der Waals surface area contributed by atoms with Gasteiger partial charge in [-0.15, -0.1) is 0 Å². The summed E-state index contributed by atoms with van der Waals surface area (Å²) >= 11 is 0. The number of fused-ring (bicyclic) bond motifs is 4. The van der Waals surface area contributed by atoms with Gasteiger partial charge in [0.15, 0.2) is 0 Å². The van der Waals surface area contributed by atoms with Crippen molar-refractivity contribution in [2.24, 2.45) is 57.2 Å². The Kier molecular flexibility index (Phi) is 0.789. The molecule has 90 valence electrons. The summed E-state index contributed by atoms with van der Waals surface area (Å²) in [4.78, 5) is 0. The lowest BCUT2D eigenvalue weighted by atomic mass is 9.23. The quantitative estimate of drug-likeness (QED) is 0.590. The Morgan fingerprint density at radius 1 is 1.06 bits per heavy atom. The van der Waals surface area contributed by atoms with Gasteiger partial charge in [0.05, 0.1) is 0 Å². The molecule has 10 unspecified atom stereocenters. The zero-order valence-electron chi connectivity index (χ0n) is 11.0. The first-order valence-corrected chi connectivity index (χ1v) is 8.08. The molecule has 7 aliphatic rings. The van der Waals surface area contributed by atoms with Crippen LogP contribution in [0.4, 0.5) is 0 Å². The Morgan fingerprint density at radius 3 is 2.82 bits per heavy atom. The molecule has 10 atom stereocenters. The molecule has 0 aromatic heterocycles. The van der Waals surface area contributed by atoms with Gasteiger partial charge in [-0.25, -0.2) is 0 Å². The summed E-state index contributed by atoms with van der Waals surface area (Å²) < 4.78 is 0. The summed E-state index contributed by atoms with van der Waals surface area (Å²) in [7, 11) is 0.